The molecule has 28 heavy (non-hydrogen) atoms. The van der Waals surface area contributed by atoms with E-state index in [1.807, 2.05) is 40.4 Å². The lowest BCUT2D eigenvalue weighted by Crippen LogP contribution is -2.28. The molecule has 0 aliphatic heterocycles. The number of hydrogen-bond acceptors (Lipinski definition) is 5. The Morgan fingerprint density at radius 1 is 1.11 bits per heavy atom. The highest BCUT2D eigenvalue weighted by Crippen LogP contribution is 2.27. The molecule has 4 N–H and O–H groups in total. The van der Waals surface area contributed by atoms with Gasteiger partial charge in [0.15, 0.2) is 0 Å². The second kappa shape index (κ2) is 8.38. The van der Waals surface area contributed by atoms with E-state index >= 15 is 0 Å². The second-order valence-electron chi connectivity index (χ2n) is 5.92. The van der Waals surface area contributed by atoms with E-state index in [1.54, 1.807) is 12.1 Å². The van der Waals surface area contributed by atoms with Crippen LogP contribution < -0.4 is 10.0 Å². The molecular weight excluding hydrogens is 402 g/mol. The summed E-state index contributed by atoms with van der Waals surface area (Å²) in [6, 6.07) is 15.3. The van der Waals surface area contributed by atoms with Gasteiger partial charge in [-0.15, -0.1) is 11.3 Å². The summed E-state index contributed by atoms with van der Waals surface area (Å²) in [5.74, 6) is 0. The minimum Gasteiger partial charge on any atom is -0.465 e. The van der Waals surface area contributed by atoms with Crippen molar-refractivity contribution < 1.29 is 22.9 Å². The van der Waals surface area contributed by atoms with E-state index in [0.717, 1.165) is 16.8 Å². The van der Waals surface area contributed by atoms with Crippen LogP contribution in [0.15, 0.2) is 60.0 Å². The molecule has 0 spiro atoms. The second-order valence-corrected chi connectivity index (χ2v) is 7.96. The summed E-state index contributed by atoms with van der Waals surface area (Å²) in [7, 11) is -4.34. The average molecular weight is 419 g/mol. The van der Waals surface area contributed by atoms with Crippen LogP contribution in [0.5, 0.6) is 0 Å². The summed E-state index contributed by atoms with van der Waals surface area (Å²) in [4.78, 5) is 15.8. The molecule has 0 bridgehead atoms. The lowest BCUT2D eigenvalue weighted by Gasteiger charge is -2.15. The number of carboxylic acid groups (broad SMARTS) is 1. The van der Waals surface area contributed by atoms with E-state index in [9.17, 15) is 18.3 Å². The molecule has 1 amide bonds. The lowest BCUT2D eigenvalue weighted by molar-refractivity contribution is 0.189. The lowest BCUT2D eigenvalue weighted by atomic mass is 10.1. The third-order valence-electron chi connectivity index (χ3n) is 3.83. The number of carbonyl (C=O) groups is 1. The summed E-state index contributed by atoms with van der Waals surface area (Å²) < 4.78 is 32.5. The van der Waals surface area contributed by atoms with E-state index in [1.165, 1.54) is 23.5 Å². The number of amides is 1. The average Bonchev–Trinajstić information content (AvgIpc) is 3.12. The van der Waals surface area contributed by atoms with Crippen LogP contribution in [0.2, 0.25) is 0 Å². The summed E-state index contributed by atoms with van der Waals surface area (Å²) in [5, 5.41) is 14.2. The number of benzene rings is 2. The molecule has 0 aliphatic rings. The van der Waals surface area contributed by atoms with Gasteiger partial charge in [-0.3, -0.25) is 9.27 Å². The molecule has 10 heteroatoms. The Bertz CT molecular complexity index is 1050. The maximum Gasteiger partial charge on any atom is 0.405 e. The Morgan fingerprint density at radius 3 is 2.39 bits per heavy atom. The van der Waals surface area contributed by atoms with Gasteiger partial charge < -0.3 is 10.4 Å². The van der Waals surface area contributed by atoms with Crippen LogP contribution in [0, 0.1) is 0 Å². The van der Waals surface area contributed by atoms with Crippen LogP contribution >= 0.6 is 11.3 Å². The van der Waals surface area contributed by atoms with Crippen molar-refractivity contribution in [2.45, 2.75) is 12.5 Å². The molecule has 0 aliphatic carbocycles. The van der Waals surface area contributed by atoms with Gasteiger partial charge in [0.25, 0.3) is 0 Å². The Kier molecular flexibility index (Phi) is 5.93. The fourth-order valence-corrected chi connectivity index (χ4v) is 3.94. The Hall–Kier alpha value is -2.95. The van der Waals surface area contributed by atoms with E-state index in [0.29, 0.717) is 11.4 Å². The van der Waals surface area contributed by atoms with Crippen molar-refractivity contribution in [2.24, 2.45) is 0 Å². The number of nitrogens with zero attached hydrogens (tertiary/aromatic N) is 1. The first kappa shape index (κ1) is 19.8. The number of aromatic nitrogens is 1. The zero-order chi connectivity index (χ0) is 20.1. The van der Waals surface area contributed by atoms with Crippen molar-refractivity contribution in [3.05, 3.63) is 70.5 Å². The minimum atomic E-state index is -4.34. The highest BCUT2D eigenvalue weighted by molar-refractivity contribution is 7.87. The number of anilines is 1. The topological polar surface area (TPSA) is 129 Å². The molecule has 3 rings (SSSR count). The van der Waals surface area contributed by atoms with Crippen molar-refractivity contribution in [3.8, 4) is 11.3 Å². The first-order valence-electron chi connectivity index (χ1n) is 8.14. The maximum absolute atomic E-state index is 11.2. The predicted octanol–water partition coefficient (Wildman–Crippen LogP) is 3.58. The van der Waals surface area contributed by atoms with Crippen LogP contribution in [-0.4, -0.2) is 29.2 Å². The third kappa shape index (κ3) is 5.52. The SMILES string of the molecule is O=C(O)NC(Cc1ccc(NS(=O)(=O)O)cc1)c1nc(-c2ccccc2)cs1. The van der Waals surface area contributed by atoms with Gasteiger partial charge in [0, 0.05) is 10.9 Å². The van der Waals surface area contributed by atoms with Gasteiger partial charge in [-0.05, 0) is 24.1 Å². The third-order valence-corrected chi connectivity index (χ3v) is 5.28. The van der Waals surface area contributed by atoms with Crippen molar-refractivity contribution >= 4 is 33.4 Å². The summed E-state index contributed by atoms with van der Waals surface area (Å²) >= 11 is 1.36. The molecule has 0 radical (unpaired) electrons. The molecular formula is C18H17N3O5S2. The standard InChI is InChI=1S/C18H17N3O5S2/c22-18(23)20-15(10-12-6-8-14(9-7-12)21-28(24,25)26)17-19-16(11-27-17)13-4-2-1-3-5-13/h1-9,11,15,20-21H,10H2,(H,22,23)(H,24,25,26). The number of hydrogen-bond donors (Lipinski definition) is 4. The first-order chi connectivity index (χ1) is 13.3. The van der Waals surface area contributed by atoms with E-state index < -0.39 is 22.4 Å². The first-order valence-corrected chi connectivity index (χ1v) is 10.5. The Morgan fingerprint density at radius 2 is 1.79 bits per heavy atom. The normalized spacial score (nSPS) is 12.3. The largest absolute Gasteiger partial charge is 0.465 e. The zero-order valence-corrected chi connectivity index (χ0v) is 16.1. The number of thiazole rings is 1. The highest BCUT2D eigenvalue weighted by atomic mass is 32.2. The summed E-state index contributed by atoms with van der Waals surface area (Å²) in [6.45, 7) is 0. The molecule has 8 nitrogen and oxygen atoms in total. The molecule has 2 aromatic carbocycles. The van der Waals surface area contributed by atoms with Crippen molar-refractivity contribution in [2.75, 3.05) is 4.72 Å². The fraction of sp³-hybridized carbons (Fsp3) is 0.111. The van der Waals surface area contributed by atoms with Gasteiger partial charge in [0.2, 0.25) is 0 Å². The molecule has 0 fully saturated rings. The van der Waals surface area contributed by atoms with E-state index in [-0.39, 0.29) is 5.69 Å². The van der Waals surface area contributed by atoms with Gasteiger partial charge in [0.05, 0.1) is 17.4 Å². The predicted molar refractivity (Wildman–Crippen MR) is 107 cm³/mol. The highest BCUT2D eigenvalue weighted by Gasteiger charge is 2.19. The van der Waals surface area contributed by atoms with Gasteiger partial charge in [0.1, 0.15) is 5.01 Å². The Balaban J connectivity index is 1.79. The van der Waals surface area contributed by atoms with Crippen LogP contribution in [-0.2, 0) is 16.7 Å². The van der Waals surface area contributed by atoms with Gasteiger partial charge in [-0.2, -0.15) is 8.42 Å². The molecule has 1 aromatic heterocycles. The molecule has 3 aromatic rings. The fourth-order valence-electron chi connectivity index (χ4n) is 2.63. The smallest absolute Gasteiger partial charge is 0.405 e. The van der Waals surface area contributed by atoms with Crippen LogP contribution in [0.1, 0.15) is 16.6 Å². The molecule has 0 saturated carbocycles. The number of rotatable bonds is 7. The Labute approximate surface area is 165 Å². The molecule has 146 valence electrons. The maximum atomic E-state index is 11.2. The van der Waals surface area contributed by atoms with Crippen LogP contribution in [0.4, 0.5) is 10.5 Å². The quantitative estimate of drug-likeness (QED) is 0.433. The summed E-state index contributed by atoms with van der Waals surface area (Å²) in [5.41, 5.74) is 2.69. The minimum absolute atomic E-state index is 0.203. The van der Waals surface area contributed by atoms with Gasteiger partial charge in [-0.25, -0.2) is 9.78 Å². The van der Waals surface area contributed by atoms with Crippen molar-refractivity contribution in [1.29, 1.82) is 0 Å². The summed E-state index contributed by atoms with van der Waals surface area (Å²) in [6.07, 6.45) is -0.827. The van der Waals surface area contributed by atoms with Crippen molar-refractivity contribution in [3.63, 3.8) is 0 Å². The zero-order valence-electron chi connectivity index (χ0n) is 14.4. The van der Waals surface area contributed by atoms with Crippen LogP contribution in [0.25, 0.3) is 11.3 Å². The van der Waals surface area contributed by atoms with Crippen LogP contribution in [0.3, 0.4) is 0 Å². The van der Waals surface area contributed by atoms with Crippen molar-refractivity contribution in [1.82, 2.24) is 10.3 Å². The molecule has 1 atom stereocenters. The monoisotopic (exact) mass is 419 g/mol. The van der Waals surface area contributed by atoms with Gasteiger partial charge in [-0.1, -0.05) is 42.5 Å². The van der Waals surface area contributed by atoms with Gasteiger partial charge >= 0.3 is 16.4 Å². The van der Waals surface area contributed by atoms with E-state index in [2.05, 4.69) is 10.3 Å². The molecule has 1 unspecified atom stereocenters. The molecule has 1 heterocycles. The molecule has 0 saturated heterocycles. The number of nitrogens with one attached hydrogen (secondary N) is 2. The van der Waals surface area contributed by atoms with E-state index in [4.69, 9.17) is 4.55 Å².